The summed E-state index contributed by atoms with van der Waals surface area (Å²) in [5, 5.41) is 17.3. The fraction of sp³-hybridized carbons (Fsp3) is 0.526. The molecular weight excluding hydrogens is 330 g/mol. The molecule has 1 saturated carbocycles. The Hall–Kier alpha value is -2.25. The summed E-state index contributed by atoms with van der Waals surface area (Å²) in [6.45, 7) is 0. The van der Waals surface area contributed by atoms with Crippen LogP contribution < -0.4 is 11.1 Å². The molecule has 2 aliphatic carbocycles. The number of carbonyl (C=O) groups excluding carboxylic acids is 1. The molecule has 1 aromatic heterocycles. The molecule has 4 N–H and O–H groups in total. The second-order valence-electron chi connectivity index (χ2n) is 7.35. The number of carbonyl (C=O) groups is 1. The molecule has 2 aromatic rings. The third-order valence-corrected chi connectivity index (χ3v) is 5.54. The quantitative estimate of drug-likeness (QED) is 0.745. The van der Waals surface area contributed by atoms with E-state index in [9.17, 15) is 9.90 Å². The number of rotatable bonds is 4. The van der Waals surface area contributed by atoms with Gasteiger partial charge in [0.05, 0.1) is 18.2 Å². The summed E-state index contributed by atoms with van der Waals surface area (Å²) in [6.07, 6.45) is 4.27. The Morgan fingerprint density at radius 3 is 2.88 bits per heavy atom. The number of hydrogen-bond acceptors (Lipinski definition) is 5. The Morgan fingerprint density at radius 1 is 1.35 bits per heavy atom. The van der Waals surface area contributed by atoms with Crippen LogP contribution in [-0.2, 0) is 24.1 Å². The minimum atomic E-state index is -0.521. The van der Waals surface area contributed by atoms with Gasteiger partial charge in [-0.1, -0.05) is 6.07 Å². The molecule has 0 aliphatic heterocycles. The summed E-state index contributed by atoms with van der Waals surface area (Å²) < 4.78 is 1.84. The first-order valence-corrected chi connectivity index (χ1v) is 9.27. The number of fused-ring (bicyclic) bond motifs is 1. The zero-order valence-electron chi connectivity index (χ0n) is 15.0. The normalized spacial score (nSPS) is 24.7. The number of benzene rings is 1. The first kappa shape index (κ1) is 17.2. The number of hydrogen-bond donors (Lipinski definition) is 3. The molecule has 0 unspecified atom stereocenters. The molecule has 0 spiro atoms. The van der Waals surface area contributed by atoms with Crippen molar-refractivity contribution in [2.45, 2.75) is 56.6 Å². The monoisotopic (exact) mass is 355 g/mol. The van der Waals surface area contributed by atoms with Crippen molar-refractivity contribution in [3.05, 3.63) is 41.0 Å². The molecule has 7 heteroatoms. The van der Waals surface area contributed by atoms with Crippen LogP contribution in [0.25, 0.3) is 5.69 Å². The molecule has 4 rings (SSSR count). The van der Waals surface area contributed by atoms with E-state index in [2.05, 4.69) is 33.6 Å². The summed E-state index contributed by atoms with van der Waals surface area (Å²) in [4.78, 5) is 16.4. The van der Waals surface area contributed by atoms with Crippen molar-refractivity contribution in [2.24, 2.45) is 5.73 Å². The smallest absolute Gasteiger partial charge is 0.227 e. The predicted octanol–water partition coefficient (Wildman–Crippen LogP) is 0.610. The van der Waals surface area contributed by atoms with Gasteiger partial charge in [-0.25, -0.2) is 9.67 Å². The highest BCUT2D eigenvalue weighted by Gasteiger charge is 2.35. The van der Waals surface area contributed by atoms with Crippen LogP contribution in [0, 0.1) is 0 Å². The van der Waals surface area contributed by atoms with E-state index in [1.165, 1.54) is 17.5 Å². The molecule has 1 heterocycles. The highest BCUT2D eigenvalue weighted by molar-refractivity contribution is 5.77. The van der Waals surface area contributed by atoms with E-state index in [-0.39, 0.29) is 24.3 Å². The Balaban J connectivity index is 1.73. The Morgan fingerprint density at radius 2 is 2.15 bits per heavy atom. The van der Waals surface area contributed by atoms with E-state index in [1.54, 1.807) is 7.05 Å². The number of nitrogens with one attached hydrogen (secondary N) is 1. The van der Waals surface area contributed by atoms with Crippen molar-refractivity contribution in [1.82, 2.24) is 20.1 Å². The van der Waals surface area contributed by atoms with Gasteiger partial charge in [0.1, 0.15) is 5.82 Å². The van der Waals surface area contributed by atoms with Crippen LogP contribution in [0.5, 0.6) is 0 Å². The van der Waals surface area contributed by atoms with E-state index in [4.69, 9.17) is 5.73 Å². The van der Waals surface area contributed by atoms with Crippen molar-refractivity contribution in [3.63, 3.8) is 0 Å². The van der Waals surface area contributed by atoms with Gasteiger partial charge >= 0.3 is 0 Å². The van der Waals surface area contributed by atoms with Gasteiger partial charge in [-0.2, -0.15) is 5.10 Å². The molecule has 3 atom stereocenters. The second-order valence-corrected chi connectivity index (χ2v) is 7.35. The lowest BCUT2D eigenvalue weighted by Crippen LogP contribution is -2.28. The molecule has 138 valence electrons. The zero-order valence-corrected chi connectivity index (χ0v) is 15.0. The number of amides is 1. The van der Waals surface area contributed by atoms with Crippen LogP contribution >= 0.6 is 0 Å². The predicted molar refractivity (Wildman–Crippen MR) is 97.1 cm³/mol. The van der Waals surface area contributed by atoms with Gasteiger partial charge in [-0.3, -0.25) is 4.79 Å². The molecule has 1 aromatic carbocycles. The second kappa shape index (κ2) is 6.81. The summed E-state index contributed by atoms with van der Waals surface area (Å²) in [6, 6.07) is 6.16. The number of aryl methyl sites for hydroxylation is 2. The lowest BCUT2D eigenvalue weighted by molar-refractivity contribution is -0.120. The van der Waals surface area contributed by atoms with Gasteiger partial charge in [0.2, 0.25) is 5.91 Å². The van der Waals surface area contributed by atoms with Crippen LogP contribution in [0.1, 0.15) is 48.0 Å². The van der Waals surface area contributed by atoms with E-state index < -0.39 is 6.10 Å². The number of aromatic nitrogens is 3. The van der Waals surface area contributed by atoms with Crippen molar-refractivity contribution in [1.29, 1.82) is 0 Å². The van der Waals surface area contributed by atoms with Gasteiger partial charge in [0, 0.05) is 19.0 Å². The molecule has 26 heavy (non-hydrogen) atoms. The Bertz CT molecular complexity index is 821. The molecule has 1 amide bonds. The summed E-state index contributed by atoms with van der Waals surface area (Å²) in [5.41, 5.74) is 9.73. The molecule has 0 bridgehead atoms. The van der Waals surface area contributed by atoms with Crippen LogP contribution in [0.3, 0.4) is 0 Å². The standard InChI is InChI=1S/C19H25N5O2/c1-21-18(26)10-17-22-19(13-8-15(20)16(25)9-13)24(23-17)14-6-5-11-3-2-4-12(11)7-14/h5-7,13,15-16,25H,2-4,8-10,20H2,1H3,(H,21,26)/t13-,15-,16-/m0/s1. The van der Waals surface area contributed by atoms with Gasteiger partial charge in [-0.15, -0.1) is 0 Å². The van der Waals surface area contributed by atoms with Crippen LogP contribution in [-0.4, -0.2) is 45.0 Å². The molecular formula is C19H25N5O2. The van der Waals surface area contributed by atoms with E-state index in [0.717, 1.165) is 24.4 Å². The number of aliphatic hydroxyl groups is 1. The zero-order chi connectivity index (χ0) is 18.3. The maximum atomic E-state index is 11.8. The highest BCUT2D eigenvalue weighted by Crippen LogP contribution is 2.34. The van der Waals surface area contributed by atoms with Crippen molar-refractivity contribution < 1.29 is 9.90 Å². The Labute approximate surface area is 152 Å². The largest absolute Gasteiger partial charge is 0.391 e. The summed E-state index contributed by atoms with van der Waals surface area (Å²) in [5.74, 6) is 1.20. The average Bonchev–Trinajstić information content (AvgIpc) is 3.33. The Kier molecular flexibility index (Phi) is 4.50. The molecule has 1 fully saturated rings. The first-order chi connectivity index (χ1) is 12.5. The van der Waals surface area contributed by atoms with E-state index >= 15 is 0 Å². The van der Waals surface area contributed by atoms with Gasteiger partial charge in [0.25, 0.3) is 0 Å². The van der Waals surface area contributed by atoms with Crippen LogP contribution in [0.15, 0.2) is 18.2 Å². The number of aliphatic hydroxyl groups excluding tert-OH is 1. The fourth-order valence-corrected chi connectivity index (χ4v) is 4.08. The number of nitrogens with zero attached hydrogens (tertiary/aromatic N) is 3. The van der Waals surface area contributed by atoms with Crippen molar-refractivity contribution in [3.8, 4) is 5.69 Å². The fourth-order valence-electron chi connectivity index (χ4n) is 4.08. The lowest BCUT2D eigenvalue weighted by Gasteiger charge is -2.12. The summed E-state index contributed by atoms with van der Waals surface area (Å²) >= 11 is 0. The molecule has 7 nitrogen and oxygen atoms in total. The van der Waals surface area contributed by atoms with Crippen LogP contribution in [0.2, 0.25) is 0 Å². The molecule has 2 aliphatic rings. The lowest BCUT2D eigenvalue weighted by atomic mass is 10.1. The average molecular weight is 355 g/mol. The van der Waals surface area contributed by atoms with Gasteiger partial charge in [-0.05, 0) is 55.4 Å². The maximum absolute atomic E-state index is 11.8. The minimum Gasteiger partial charge on any atom is -0.391 e. The minimum absolute atomic E-state index is 0.0409. The van der Waals surface area contributed by atoms with E-state index in [0.29, 0.717) is 18.7 Å². The van der Waals surface area contributed by atoms with Gasteiger partial charge in [0.15, 0.2) is 5.82 Å². The first-order valence-electron chi connectivity index (χ1n) is 9.27. The third kappa shape index (κ3) is 3.12. The molecule has 0 radical (unpaired) electrons. The SMILES string of the molecule is CNC(=O)Cc1nc([C@H]2C[C@H](N)[C@@H](O)C2)n(-c2ccc3c(c2)CCC3)n1. The number of likely N-dealkylation sites (N-methyl/N-ethyl adjacent to an activating group) is 1. The van der Waals surface area contributed by atoms with E-state index in [1.807, 2.05) is 4.68 Å². The third-order valence-electron chi connectivity index (χ3n) is 5.54. The maximum Gasteiger partial charge on any atom is 0.227 e. The van der Waals surface area contributed by atoms with Crippen molar-refractivity contribution in [2.75, 3.05) is 7.05 Å². The van der Waals surface area contributed by atoms with Crippen molar-refractivity contribution >= 4 is 5.91 Å². The highest BCUT2D eigenvalue weighted by atomic mass is 16.3. The van der Waals surface area contributed by atoms with Gasteiger partial charge < -0.3 is 16.2 Å². The summed E-state index contributed by atoms with van der Waals surface area (Å²) in [7, 11) is 1.60. The van der Waals surface area contributed by atoms with Crippen LogP contribution in [0.4, 0.5) is 0 Å². The number of nitrogens with two attached hydrogens (primary N) is 1. The topological polar surface area (TPSA) is 106 Å². The molecule has 0 saturated heterocycles.